The third-order valence-corrected chi connectivity index (χ3v) is 3.43. The van der Waals surface area contributed by atoms with Crippen LogP contribution in [0.4, 0.5) is 5.69 Å². The van der Waals surface area contributed by atoms with E-state index in [1.54, 1.807) is 12.1 Å². The molecule has 4 nitrogen and oxygen atoms in total. The van der Waals surface area contributed by atoms with Crippen LogP contribution in [-0.2, 0) is 4.79 Å². The number of halogens is 1. The van der Waals surface area contributed by atoms with Gasteiger partial charge in [-0.2, -0.15) is 0 Å². The van der Waals surface area contributed by atoms with Gasteiger partial charge in [-0.3, -0.25) is 9.59 Å². The van der Waals surface area contributed by atoms with Gasteiger partial charge in [0.05, 0.1) is 11.3 Å². The van der Waals surface area contributed by atoms with E-state index < -0.39 is 11.7 Å². The van der Waals surface area contributed by atoms with Crippen molar-refractivity contribution in [2.45, 2.75) is 6.92 Å². The third-order valence-electron chi connectivity index (χ3n) is 2.94. The number of ketones is 1. The van der Waals surface area contributed by atoms with Gasteiger partial charge in [0, 0.05) is 17.6 Å². The molecule has 100 valence electrons. The molecule has 19 heavy (non-hydrogen) atoms. The number of carbonyl (C=O) groups is 2. The van der Waals surface area contributed by atoms with Gasteiger partial charge >= 0.3 is 0 Å². The number of likely N-dealkylation sites (N-methyl/N-ethyl adjacent to an activating group) is 1. The van der Waals surface area contributed by atoms with Crippen molar-refractivity contribution in [2.24, 2.45) is 0 Å². The summed E-state index contributed by atoms with van der Waals surface area (Å²) in [7, 11) is 0. The Bertz CT molecular complexity index is 554. The Morgan fingerprint density at radius 2 is 2.16 bits per heavy atom. The van der Waals surface area contributed by atoms with Crippen LogP contribution in [0.15, 0.2) is 34.8 Å². The van der Waals surface area contributed by atoms with Crippen molar-refractivity contribution in [1.29, 1.82) is 0 Å². The minimum atomic E-state index is -0.481. The normalized spacial score (nSPS) is 13.9. The second-order valence-electron chi connectivity index (χ2n) is 4.41. The molecule has 0 saturated heterocycles. The molecule has 1 aromatic carbocycles. The Morgan fingerprint density at radius 1 is 1.42 bits per heavy atom. The molecule has 0 bridgehead atoms. The van der Waals surface area contributed by atoms with Gasteiger partial charge in [0.2, 0.25) is 0 Å². The van der Waals surface area contributed by atoms with Gasteiger partial charge in [-0.15, -0.1) is 0 Å². The second kappa shape index (κ2) is 5.67. The summed E-state index contributed by atoms with van der Waals surface area (Å²) in [6.45, 7) is 7.78. The average Bonchev–Trinajstić information content (AvgIpc) is 2.61. The van der Waals surface area contributed by atoms with E-state index in [1.165, 1.54) is 4.90 Å². The van der Waals surface area contributed by atoms with Gasteiger partial charge in [-0.05, 0) is 30.3 Å². The summed E-state index contributed by atoms with van der Waals surface area (Å²) >= 11 is 3.31. The first kappa shape index (κ1) is 14.0. The van der Waals surface area contributed by atoms with Gasteiger partial charge in [-0.25, -0.2) is 0 Å². The minimum absolute atomic E-state index is 0.367. The van der Waals surface area contributed by atoms with E-state index in [0.29, 0.717) is 24.3 Å². The van der Waals surface area contributed by atoms with E-state index in [0.717, 1.165) is 16.6 Å². The molecule has 0 fully saturated rings. The molecule has 0 radical (unpaired) electrons. The quantitative estimate of drug-likeness (QED) is 0.667. The lowest BCUT2D eigenvalue weighted by Crippen LogP contribution is -2.33. The fourth-order valence-electron chi connectivity index (χ4n) is 2.01. The van der Waals surface area contributed by atoms with E-state index in [1.807, 2.05) is 13.0 Å². The Balaban J connectivity index is 2.21. The fraction of sp³-hybridized carbons (Fsp3) is 0.286. The Labute approximate surface area is 120 Å². The average molecular weight is 323 g/mol. The molecule has 1 N–H and O–H groups in total. The van der Waals surface area contributed by atoms with Gasteiger partial charge < -0.3 is 10.2 Å². The van der Waals surface area contributed by atoms with Crippen molar-refractivity contribution >= 4 is 33.3 Å². The van der Waals surface area contributed by atoms with Crippen LogP contribution in [0.1, 0.15) is 17.3 Å². The highest BCUT2D eigenvalue weighted by molar-refractivity contribution is 9.10. The number of rotatable bonds is 5. The highest BCUT2D eigenvalue weighted by Gasteiger charge is 2.35. The molecule has 0 aliphatic carbocycles. The smallest absolute Gasteiger partial charge is 0.299 e. The first-order chi connectivity index (χ1) is 9.04. The van der Waals surface area contributed by atoms with Crippen LogP contribution in [-0.4, -0.2) is 31.3 Å². The number of hydrogen-bond donors (Lipinski definition) is 1. The first-order valence-corrected chi connectivity index (χ1v) is 6.87. The molecule has 5 heteroatoms. The van der Waals surface area contributed by atoms with E-state index in [-0.39, 0.29) is 0 Å². The van der Waals surface area contributed by atoms with E-state index in [4.69, 9.17) is 0 Å². The van der Waals surface area contributed by atoms with Gasteiger partial charge in [0.1, 0.15) is 0 Å². The summed E-state index contributed by atoms with van der Waals surface area (Å²) in [6, 6.07) is 5.29. The van der Waals surface area contributed by atoms with E-state index >= 15 is 0 Å². The first-order valence-electron chi connectivity index (χ1n) is 6.07. The maximum absolute atomic E-state index is 12.0. The fourth-order valence-corrected chi connectivity index (χ4v) is 2.37. The molecule has 0 atom stereocenters. The zero-order valence-corrected chi connectivity index (χ0v) is 12.3. The Morgan fingerprint density at radius 3 is 2.84 bits per heavy atom. The van der Waals surface area contributed by atoms with Crippen molar-refractivity contribution in [3.8, 4) is 0 Å². The molecule has 0 saturated carbocycles. The molecule has 0 unspecified atom stereocenters. The molecule has 1 heterocycles. The summed E-state index contributed by atoms with van der Waals surface area (Å²) in [5, 5.41) is 3.15. The summed E-state index contributed by atoms with van der Waals surface area (Å²) < 4.78 is 0.792. The molecule has 0 spiro atoms. The minimum Gasteiger partial charge on any atom is -0.313 e. The molecule has 2 rings (SSSR count). The number of anilines is 1. The lowest BCUT2D eigenvalue weighted by Gasteiger charge is -2.18. The number of carbonyl (C=O) groups excluding carboxylic acids is 2. The number of fused-ring (bicyclic) bond motifs is 1. The van der Waals surface area contributed by atoms with Crippen molar-refractivity contribution in [3.05, 3.63) is 40.4 Å². The van der Waals surface area contributed by atoms with Crippen molar-refractivity contribution < 1.29 is 9.59 Å². The number of benzene rings is 1. The predicted octanol–water partition coefficient (Wildman–Crippen LogP) is 2.14. The van der Waals surface area contributed by atoms with Crippen molar-refractivity contribution in [1.82, 2.24) is 5.32 Å². The Hall–Kier alpha value is -1.46. The summed E-state index contributed by atoms with van der Waals surface area (Å²) in [5.41, 5.74) is 1.99. The zero-order valence-electron chi connectivity index (χ0n) is 10.7. The number of nitrogens with one attached hydrogen (secondary N) is 1. The predicted molar refractivity (Wildman–Crippen MR) is 78.5 cm³/mol. The topological polar surface area (TPSA) is 49.4 Å². The molecule has 1 aliphatic rings. The van der Waals surface area contributed by atoms with Gasteiger partial charge in [0.15, 0.2) is 0 Å². The van der Waals surface area contributed by atoms with Crippen molar-refractivity contribution in [3.63, 3.8) is 0 Å². The molecule has 0 aromatic heterocycles. The van der Waals surface area contributed by atoms with Gasteiger partial charge in [0.25, 0.3) is 11.7 Å². The number of nitrogens with zero attached hydrogens (tertiary/aromatic N) is 1. The van der Waals surface area contributed by atoms with Crippen LogP contribution < -0.4 is 10.2 Å². The maximum atomic E-state index is 12.0. The second-order valence-corrected chi connectivity index (χ2v) is 5.33. The molecule has 1 aromatic rings. The van der Waals surface area contributed by atoms with Crippen LogP contribution >= 0.6 is 15.9 Å². The summed E-state index contributed by atoms with van der Waals surface area (Å²) in [4.78, 5) is 25.4. The summed E-state index contributed by atoms with van der Waals surface area (Å²) in [5.74, 6) is -0.932. The number of hydrogen-bond acceptors (Lipinski definition) is 3. The van der Waals surface area contributed by atoms with E-state index in [2.05, 4.69) is 27.8 Å². The SMILES string of the molecule is C=C(CNCC)CN1C(=O)C(=O)c2cc(Br)ccc21. The zero-order chi connectivity index (χ0) is 14.0. The highest BCUT2D eigenvalue weighted by Crippen LogP contribution is 2.31. The molecular formula is C14H15BrN2O2. The highest BCUT2D eigenvalue weighted by atomic mass is 79.9. The van der Waals surface area contributed by atoms with Crippen molar-refractivity contribution in [2.75, 3.05) is 24.5 Å². The van der Waals surface area contributed by atoms with Crippen LogP contribution in [0, 0.1) is 0 Å². The molecular weight excluding hydrogens is 308 g/mol. The lowest BCUT2D eigenvalue weighted by molar-refractivity contribution is -0.114. The number of Topliss-reactive ketones (excluding diaryl/α,β-unsaturated/α-hetero) is 1. The van der Waals surface area contributed by atoms with E-state index in [9.17, 15) is 9.59 Å². The Kier molecular flexibility index (Phi) is 4.17. The standard InChI is InChI=1S/C14H15BrN2O2/c1-3-16-7-9(2)8-17-12-5-4-10(15)6-11(12)13(18)14(17)19/h4-6,16H,2-3,7-8H2,1H3. The molecule has 1 aliphatic heterocycles. The van der Waals surface area contributed by atoms with Crippen LogP contribution in [0.3, 0.4) is 0 Å². The van der Waals surface area contributed by atoms with Gasteiger partial charge in [-0.1, -0.05) is 29.4 Å². The largest absolute Gasteiger partial charge is 0.313 e. The monoisotopic (exact) mass is 322 g/mol. The maximum Gasteiger partial charge on any atom is 0.299 e. The van der Waals surface area contributed by atoms with Crippen LogP contribution in [0.25, 0.3) is 0 Å². The molecule has 1 amide bonds. The van der Waals surface area contributed by atoms with Crippen LogP contribution in [0.5, 0.6) is 0 Å². The van der Waals surface area contributed by atoms with Crippen LogP contribution in [0.2, 0.25) is 0 Å². The third kappa shape index (κ3) is 2.77. The number of amides is 1. The summed E-state index contributed by atoms with van der Waals surface area (Å²) in [6.07, 6.45) is 0. The lowest BCUT2D eigenvalue weighted by atomic mass is 10.1.